The van der Waals surface area contributed by atoms with E-state index in [0.29, 0.717) is 22.9 Å². The molecule has 0 aliphatic heterocycles. The highest BCUT2D eigenvalue weighted by atomic mass is 16.2. The summed E-state index contributed by atoms with van der Waals surface area (Å²) in [5, 5.41) is 13.7. The molecule has 1 saturated carbocycles. The Hall–Kier alpha value is -1.85. The van der Waals surface area contributed by atoms with Crippen molar-refractivity contribution in [3.05, 3.63) is 22.6 Å². The summed E-state index contributed by atoms with van der Waals surface area (Å²) in [4.78, 5) is 11.3. The highest BCUT2D eigenvalue weighted by Gasteiger charge is 2.45. The number of anilines is 1. The van der Waals surface area contributed by atoms with Gasteiger partial charge in [0, 0.05) is 6.04 Å². The first-order chi connectivity index (χ1) is 7.56. The third-order valence-corrected chi connectivity index (χ3v) is 3.11. The van der Waals surface area contributed by atoms with Crippen LogP contribution in [0.15, 0.2) is 16.9 Å². The summed E-state index contributed by atoms with van der Waals surface area (Å²) in [6, 6.07) is 4.05. The van der Waals surface area contributed by atoms with E-state index in [0.717, 1.165) is 6.42 Å². The second kappa shape index (κ2) is 2.84. The number of nitrogens with one attached hydrogen (secondary N) is 2. The van der Waals surface area contributed by atoms with Crippen LogP contribution in [0.2, 0.25) is 0 Å². The molecule has 16 heavy (non-hydrogen) atoms. The van der Waals surface area contributed by atoms with Gasteiger partial charge in [0.1, 0.15) is 5.82 Å². The molecule has 3 rings (SSSR count). The SMILES string of the molecule is CC1(C)CC1Nc1ccc2n[nH]c(=O)n2n1. The molecule has 0 spiro atoms. The van der Waals surface area contributed by atoms with Gasteiger partial charge in [0.2, 0.25) is 0 Å². The fourth-order valence-corrected chi connectivity index (χ4v) is 1.77. The Morgan fingerprint density at radius 2 is 2.31 bits per heavy atom. The van der Waals surface area contributed by atoms with E-state index in [1.807, 2.05) is 6.07 Å². The molecule has 2 heterocycles. The average molecular weight is 219 g/mol. The molecule has 0 bridgehead atoms. The van der Waals surface area contributed by atoms with Crippen LogP contribution in [0, 0.1) is 5.41 Å². The summed E-state index contributed by atoms with van der Waals surface area (Å²) in [5.41, 5.74) is 0.553. The van der Waals surface area contributed by atoms with Crippen molar-refractivity contribution in [2.75, 3.05) is 5.32 Å². The lowest BCUT2D eigenvalue weighted by Crippen LogP contribution is -2.16. The minimum Gasteiger partial charge on any atom is -0.365 e. The van der Waals surface area contributed by atoms with E-state index in [1.54, 1.807) is 6.07 Å². The van der Waals surface area contributed by atoms with Gasteiger partial charge in [0.25, 0.3) is 0 Å². The molecule has 0 radical (unpaired) electrons. The molecule has 1 aliphatic carbocycles. The zero-order chi connectivity index (χ0) is 11.3. The van der Waals surface area contributed by atoms with E-state index < -0.39 is 0 Å². The van der Waals surface area contributed by atoms with Crippen molar-refractivity contribution in [2.24, 2.45) is 5.41 Å². The van der Waals surface area contributed by atoms with Crippen LogP contribution in [0.5, 0.6) is 0 Å². The van der Waals surface area contributed by atoms with Gasteiger partial charge in [-0.15, -0.1) is 5.10 Å². The molecule has 0 aromatic carbocycles. The second-order valence-electron chi connectivity index (χ2n) is 4.91. The molecule has 1 fully saturated rings. The summed E-state index contributed by atoms with van der Waals surface area (Å²) >= 11 is 0. The van der Waals surface area contributed by atoms with Crippen molar-refractivity contribution in [3.63, 3.8) is 0 Å². The van der Waals surface area contributed by atoms with E-state index in [2.05, 4.69) is 34.5 Å². The number of aromatic nitrogens is 4. The topological polar surface area (TPSA) is 75.1 Å². The number of hydrogen-bond acceptors (Lipinski definition) is 4. The molecule has 1 unspecified atom stereocenters. The van der Waals surface area contributed by atoms with Crippen LogP contribution in [-0.4, -0.2) is 25.9 Å². The molecule has 2 N–H and O–H groups in total. The van der Waals surface area contributed by atoms with E-state index in [4.69, 9.17) is 0 Å². The molecular weight excluding hydrogens is 206 g/mol. The van der Waals surface area contributed by atoms with Crippen LogP contribution < -0.4 is 11.0 Å². The summed E-state index contributed by atoms with van der Waals surface area (Å²) in [5.74, 6) is 0.714. The lowest BCUT2D eigenvalue weighted by Gasteiger charge is -2.06. The molecule has 0 amide bonds. The van der Waals surface area contributed by atoms with Gasteiger partial charge in [-0.1, -0.05) is 13.8 Å². The smallest absolute Gasteiger partial charge is 0.364 e. The first-order valence-corrected chi connectivity index (χ1v) is 5.27. The highest BCUT2D eigenvalue weighted by molar-refractivity contribution is 5.44. The summed E-state index contributed by atoms with van der Waals surface area (Å²) in [6.07, 6.45) is 1.13. The van der Waals surface area contributed by atoms with Gasteiger partial charge in [0.05, 0.1) is 0 Å². The molecule has 84 valence electrons. The normalized spacial score (nSPS) is 22.2. The highest BCUT2D eigenvalue weighted by Crippen LogP contribution is 2.46. The third-order valence-electron chi connectivity index (χ3n) is 3.11. The quantitative estimate of drug-likeness (QED) is 0.776. The molecular formula is C10H13N5O. The minimum atomic E-state index is -0.311. The Kier molecular flexibility index (Phi) is 1.66. The maximum Gasteiger partial charge on any atom is 0.364 e. The van der Waals surface area contributed by atoms with Crippen molar-refractivity contribution < 1.29 is 0 Å². The second-order valence-corrected chi connectivity index (χ2v) is 4.91. The van der Waals surface area contributed by atoms with E-state index in [9.17, 15) is 4.79 Å². The Morgan fingerprint density at radius 3 is 3.00 bits per heavy atom. The zero-order valence-electron chi connectivity index (χ0n) is 9.19. The van der Waals surface area contributed by atoms with Crippen molar-refractivity contribution in [1.29, 1.82) is 0 Å². The number of hydrogen-bond donors (Lipinski definition) is 2. The number of fused-ring (bicyclic) bond motifs is 1. The molecule has 2 aromatic heterocycles. The Balaban J connectivity index is 1.93. The first-order valence-electron chi connectivity index (χ1n) is 5.27. The summed E-state index contributed by atoms with van der Waals surface area (Å²) < 4.78 is 1.26. The van der Waals surface area contributed by atoms with Crippen LogP contribution in [0.1, 0.15) is 20.3 Å². The van der Waals surface area contributed by atoms with E-state index in [1.165, 1.54) is 4.52 Å². The van der Waals surface area contributed by atoms with Crippen molar-refractivity contribution >= 4 is 11.5 Å². The number of aromatic amines is 1. The molecule has 1 atom stereocenters. The van der Waals surface area contributed by atoms with Crippen LogP contribution in [0.25, 0.3) is 5.65 Å². The molecule has 6 heteroatoms. The average Bonchev–Trinajstić information content (AvgIpc) is 2.67. The Bertz CT molecular complexity index is 597. The van der Waals surface area contributed by atoms with Gasteiger partial charge in [0.15, 0.2) is 5.65 Å². The number of rotatable bonds is 2. The minimum absolute atomic E-state index is 0.311. The largest absolute Gasteiger partial charge is 0.365 e. The predicted octanol–water partition coefficient (Wildman–Crippen LogP) is 0.628. The fourth-order valence-electron chi connectivity index (χ4n) is 1.77. The van der Waals surface area contributed by atoms with Crippen LogP contribution in [0.4, 0.5) is 5.82 Å². The number of nitrogens with zero attached hydrogens (tertiary/aromatic N) is 3. The van der Waals surface area contributed by atoms with Gasteiger partial charge in [-0.2, -0.15) is 9.61 Å². The monoisotopic (exact) mass is 219 g/mol. The standard InChI is InChI=1S/C10H13N5O/c1-10(2)5-6(10)11-7-3-4-8-12-13-9(16)15(8)14-7/h3-4,6H,5H2,1-2H3,(H,11,14)(H,13,16). The van der Waals surface area contributed by atoms with Crippen molar-refractivity contribution in [3.8, 4) is 0 Å². The van der Waals surface area contributed by atoms with Gasteiger partial charge in [-0.3, -0.25) is 0 Å². The number of H-pyrrole nitrogens is 1. The lowest BCUT2D eigenvalue weighted by atomic mass is 10.2. The predicted molar refractivity (Wildman–Crippen MR) is 59.4 cm³/mol. The van der Waals surface area contributed by atoms with E-state index in [-0.39, 0.29) is 5.69 Å². The maximum absolute atomic E-state index is 11.3. The van der Waals surface area contributed by atoms with Gasteiger partial charge < -0.3 is 5.32 Å². The van der Waals surface area contributed by atoms with E-state index >= 15 is 0 Å². The molecule has 1 aliphatic rings. The van der Waals surface area contributed by atoms with Gasteiger partial charge >= 0.3 is 5.69 Å². The van der Waals surface area contributed by atoms with Gasteiger partial charge in [-0.25, -0.2) is 9.89 Å². The van der Waals surface area contributed by atoms with Crippen molar-refractivity contribution in [1.82, 2.24) is 19.8 Å². The Labute approximate surface area is 91.7 Å². The van der Waals surface area contributed by atoms with Crippen LogP contribution in [-0.2, 0) is 0 Å². The zero-order valence-corrected chi connectivity index (χ0v) is 9.19. The first kappa shape index (κ1) is 9.38. The molecule has 2 aromatic rings. The summed E-state index contributed by atoms with van der Waals surface area (Å²) in [6.45, 7) is 4.40. The van der Waals surface area contributed by atoms with Crippen LogP contribution >= 0.6 is 0 Å². The van der Waals surface area contributed by atoms with Crippen molar-refractivity contribution in [2.45, 2.75) is 26.3 Å². The molecule has 0 saturated heterocycles. The van der Waals surface area contributed by atoms with Gasteiger partial charge in [-0.05, 0) is 24.0 Å². The van der Waals surface area contributed by atoms with Crippen LogP contribution in [0.3, 0.4) is 0 Å². The molecule has 6 nitrogen and oxygen atoms in total. The third kappa shape index (κ3) is 1.37. The lowest BCUT2D eigenvalue weighted by molar-refractivity contribution is 0.629. The maximum atomic E-state index is 11.3. The summed E-state index contributed by atoms with van der Waals surface area (Å²) in [7, 11) is 0. The Morgan fingerprint density at radius 1 is 1.56 bits per heavy atom. The fraction of sp³-hybridized carbons (Fsp3) is 0.500.